The van der Waals surface area contributed by atoms with Crippen molar-refractivity contribution in [1.82, 2.24) is 9.03 Å². The normalized spacial score (nSPS) is 30.2. The minimum absolute atomic E-state index is 0.0494. The molecule has 1 N–H and O–H groups in total. The van der Waals surface area contributed by atoms with Gasteiger partial charge in [0.25, 0.3) is 0 Å². The van der Waals surface area contributed by atoms with Crippen molar-refractivity contribution in [3.05, 3.63) is 24.3 Å². The van der Waals surface area contributed by atoms with Crippen LogP contribution in [0, 0.1) is 5.92 Å². The van der Waals surface area contributed by atoms with Crippen LogP contribution < -0.4 is 4.72 Å². The molecule has 2 fully saturated rings. The van der Waals surface area contributed by atoms with E-state index in [4.69, 9.17) is 0 Å². The lowest BCUT2D eigenvalue weighted by atomic mass is 9.87. The SMILES string of the molecule is CC1CCCCC1NS(=O)(=O)c1ccc(S(=O)(=O)N2C(C)CCCC2C)cc1. The number of piperidine rings is 1. The van der Waals surface area contributed by atoms with E-state index in [-0.39, 0.29) is 27.9 Å². The first-order valence-electron chi connectivity index (χ1n) is 10.3. The maximum atomic E-state index is 13.1. The smallest absolute Gasteiger partial charge is 0.208 e. The topological polar surface area (TPSA) is 83.5 Å². The number of sulfonamides is 2. The molecule has 8 heteroatoms. The van der Waals surface area contributed by atoms with Gasteiger partial charge in [0.05, 0.1) is 9.79 Å². The lowest BCUT2D eigenvalue weighted by Gasteiger charge is -2.37. The van der Waals surface area contributed by atoms with Crippen LogP contribution >= 0.6 is 0 Å². The van der Waals surface area contributed by atoms with Crippen molar-refractivity contribution in [2.75, 3.05) is 0 Å². The molecule has 0 aromatic heterocycles. The third kappa shape index (κ3) is 4.45. The fourth-order valence-corrected chi connectivity index (χ4v) is 7.80. The highest BCUT2D eigenvalue weighted by atomic mass is 32.2. The molecule has 1 aliphatic carbocycles. The lowest BCUT2D eigenvalue weighted by Crippen LogP contribution is -2.47. The first kappa shape index (κ1) is 21.7. The summed E-state index contributed by atoms with van der Waals surface area (Å²) < 4.78 is 56.0. The molecule has 1 saturated heterocycles. The number of hydrogen-bond acceptors (Lipinski definition) is 4. The number of nitrogens with zero attached hydrogens (tertiary/aromatic N) is 1. The van der Waals surface area contributed by atoms with E-state index in [0.29, 0.717) is 5.92 Å². The van der Waals surface area contributed by atoms with Crippen molar-refractivity contribution < 1.29 is 16.8 Å². The van der Waals surface area contributed by atoms with Crippen LogP contribution in [0.15, 0.2) is 34.1 Å². The van der Waals surface area contributed by atoms with Crippen LogP contribution in [-0.2, 0) is 20.0 Å². The Morgan fingerprint density at radius 2 is 1.32 bits per heavy atom. The minimum Gasteiger partial charge on any atom is -0.208 e. The van der Waals surface area contributed by atoms with E-state index in [2.05, 4.69) is 11.6 Å². The molecule has 158 valence electrons. The molecule has 1 aliphatic heterocycles. The summed E-state index contributed by atoms with van der Waals surface area (Å²) in [5, 5.41) is 0. The van der Waals surface area contributed by atoms with E-state index in [1.54, 1.807) is 4.31 Å². The van der Waals surface area contributed by atoms with Gasteiger partial charge in [0, 0.05) is 18.1 Å². The second-order valence-electron chi connectivity index (χ2n) is 8.42. The van der Waals surface area contributed by atoms with Crippen LogP contribution in [0.5, 0.6) is 0 Å². The van der Waals surface area contributed by atoms with Crippen molar-refractivity contribution in [3.63, 3.8) is 0 Å². The zero-order chi connectivity index (χ0) is 20.5. The Bertz CT molecular complexity index is 871. The van der Waals surface area contributed by atoms with Crippen LogP contribution in [-0.4, -0.2) is 39.3 Å². The van der Waals surface area contributed by atoms with Crippen LogP contribution in [0.25, 0.3) is 0 Å². The molecule has 0 radical (unpaired) electrons. The highest BCUT2D eigenvalue weighted by molar-refractivity contribution is 7.89. The first-order valence-corrected chi connectivity index (χ1v) is 13.2. The lowest BCUT2D eigenvalue weighted by molar-refractivity contribution is 0.204. The fraction of sp³-hybridized carbons (Fsp3) is 0.700. The Hall–Kier alpha value is -0.960. The summed E-state index contributed by atoms with van der Waals surface area (Å²) in [4.78, 5) is 0.266. The molecule has 6 nitrogen and oxygen atoms in total. The van der Waals surface area contributed by atoms with Crippen molar-refractivity contribution in [2.24, 2.45) is 5.92 Å². The molecular formula is C20H32N2O4S2. The molecule has 0 bridgehead atoms. The Labute approximate surface area is 169 Å². The largest absolute Gasteiger partial charge is 0.243 e. The monoisotopic (exact) mass is 428 g/mol. The van der Waals surface area contributed by atoms with Crippen molar-refractivity contribution in [3.8, 4) is 0 Å². The molecule has 28 heavy (non-hydrogen) atoms. The van der Waals surface area contributed by atoms with E-state index in [9.17, 15) is 16.8 Å². The maximum absolute atomic E-state index is 13.1. The summed E-state index contributed by atoms with van der Waals surface area (Å²) in [7, 11) is -7.30. The van der Waals surface area contributed by atoms with Gasteiger partial charge in [-0.25, -0.2) is 21.6 Å². The molecule has 1 heterocycles. The number of hydrogen-bond donors (Lipinski definition) is 1. The summed E-state index contributed by atoms with van der Waals surface area (Å²) in [6.45, 7) is 5.94. The van der Waals surface area contributed by atoms with Gasteiger partial charge in [0.1, 0.15) is 0 Å². The molecule has 1 saturated carbocycles. The highest BCUT2D eigenvalue weighted by Crippen LogP contribution is 2.30. The van der Waals surface area contributed by atoms with Crippen LogP contribution in [0.2, 0.25) is 0 Å². The third-order valence-corrected chi connectivity index (χ3v) is 9.89. The second-order valence-corrected chi connectivity index (χ2v) is 12.0. The van der Waals surface area contributed by atoms with Crippen molar-refractivity contribution in [2.45, 2.75) is 93.6 Å². The van der Waals surface area contributed by atoms with Crippen LogP contribution in [0.1, 0.15) is 65.7 Å². The van der Waals surface area contributed by atoms with Crippen molar-refractivity contribution in [1.29, 1.82) is 0 Å². The molecule has 0 amide bonds. The average Bonchev–Trinajstić information content (AvgIpc) is 2.63. The molecular weight excluding hydrogens is 396 g/mol. The molecule has 2 aliphatic rings. The van der Waals surface area contributed by atoms with Gasteiger partial charge in [-0.2, -0.15) is 4.31 Å². The summed E-state index contributed by atoms with van der Waals surface area (Å²) >= 11 is 0. The fourth-order valence-electron chi connectivity index (χ4n) is 4.54. The molecule has 1 aromatic rings. The molecule has 3 rings (SSSR count). The van der Waals surface area contributed by atoms with E-state index in [1.165, 1.54) is 24.3 Å². The first-order chi connectivity index (χ1) is 13.1. The zero-order valence-corrected chi connectivity index (χ0v) is 18.6. The summed E-state index contributed by atoms with van der Waals surface area (Å²) in [6.07, 6.45) is 6.75. The summed E-state index contributed by atoms with van der Waals surface area (Å²) in [6, 6.07) is 5.49. The Balaban J connectivity index is 1.80. The van der Waals surface area contributed by atoms with Gasteiger partial charge < -0.3 is 0 Å². The van der Waals surface area contributed by atoms with Crippen molar-refractivity contribution >= 4 is 20.0 Å². The van der Waals surface area contributed by atoms with Gasteiger partial charge in [0.15, 0.2) is 0 Å². The Kier molecular flexibility index (Phi) is 6.54. The standard InChI is InChI=1S/C20H32N2O4S2/c1-15-7-4-5-10-20(15)21-27(23,24)18-11-13-19(14-12-18)28(25,26)22-16(2)8-6-9-17(22)3/h11-17,20-21H,4-10H2,1-3H3. The predicted octanol–water partition coefficient (Wildman–Crippen LogP) is 3.50. The summed E-state index contributed by atoms with van der Waals surface area (Å²) in [5.74, 6) is 0.310. The number of benzene rings is 1. The van der Waals surface area contributed by atoms with Gasteiger partial charge in [-0.3, -0.25) is 0 Å². The zero-order valence-electron chi connectivity index (χ0n) is 17.0. The third-order valence-electron chi connectivity index (χ3n) is 6.24. The Morgan fingerprint density at radius 1 is 0.786 bits per heavy atom. The maximum Gasteiger partial charge on any atom is 0.243 e. The predicted molar refractivity (Wildman–Crippen MR) is 110 cm³/mol. The highest BCUT2D eigenvalue weighted by Gasteiger charge is 2.36. The molecule has 4 unspecified atom stereocenters. The number of nitrogens with one attached hydrogen (secondary N) is 1. The Morgan fingerprint density at radius 3 is 1.89 bits per heavy atom. The van der Waals surface area contributed by atoms with Gasteiger partial charge in [-0.05, 0) is 69.7 Å². The second kappa shape index (κ2) is 8.42. The van der Waals surface area contributed by atoms with Crippen LogP contribution in [0.3, 0.4) is 0 Å². The van der Waals surface area contributed by atoms with Gasteiger partial charge in [-0.1, -0.05) is 26.2 Å². The average molecular weight is 429 g/mol. The molecule has 4 atom stereocenters. The number of rotatable bonds is 5. The van der Waals surface area contributed by atoms with Gasteiger partial charge in [0.2, 0.25) is 20.0 Å². The summed E-state index contributed by atoms with van der Waals surface area (Å²) in [5.41, 5.74) is 0. The minimum atomic E-state index is -3.66. The van der Waals surface area contributed by atoms with E-state index >= 15 is 0 Å². The van der Waals surface area contributed by atoms with Gasteiger partial charge >= 0.3 is 0 Å². The van der Waals surface area contributed by atoms with Gasteiger partial charge in [-0.15, -0.1) is 0 Å². The molecule has 0 spiro atoms. The van der Waals surface area contributed by atoms with E-state index in [1.807, 2.05) is 13.8 Å². The quantitative estimate of drug-likeness (QED) is 0.778. The van der Waals surface area contributed by atoms with E-state index < -0.39 is 20.0 Å². The molecule has 1 aromatic carbocycles. The van der Waals surface area contributed by atoms with Crippen LogP contribution in [0.4, 0.5) is 0 Å². The van der Waals surface area contributed by atoms with E-state index in [0.717, 1.165) is 44.9 Å².